The van der Waals surface area contributed by atoms with E-state index >= 15 is 0 Å². The number of fused-ring (bicyclic) bond motifs is 1. The van der Waals surface area contributed by atoms with Gasteiger partial charge in [0.05, 0.1) is 25.0 Å². The molecule has 0 spiro atoms. The van der Waals surface area contributed by atoms with Gasteiger partial charge in [0, 0.05) is 39.3 Å². The van der Waals surface area contributed by atoms with Crippen LogP contribution in [0.25, 0.3) is 0 Å². The van der Waals surface area contributed by atoms with Crippen molar-refractivity contribution in [2.24, 2.45) is 13.0 Å². The van der Waals surface area contributed by atoms with E-state index in [1.165, 1.54) is 16.8 Å². The summed E-state index contributed by atoms with van der Waals surface area (Å²) in [7, 11) is -0.233. The zero-order chi connectivity index (χ0) is 15.9. The topological polar surface area (TPSA) is 93.5 Å². The molecule has 0 unspecified atom stereocenters. The molecule has 8 nitrogen and oxygen atoms in total. The normalized spacial score (nSPS) is 28.7. The summed E-state index contributed by atoms with van der Waals surface area (Å²) in [6.07, 6.45) is 3.77. The lowest BCUT2D eigenvalue weighted by atomic mass is 10.0. The highest BCUT2D eigenvalue weighted by molar-refractivity contribution is 7.89. The fraction of sp³-hybridized carbons (Fsp3) is 0.692. The van der Waals surface area contributed by atoms with Gasteiger partial charge in [-0.15, -0.1) is 0 Å². The molecule has 0 bridgehead atoms. The SMILES string of the molecule is CNC(=O)C[C@H]1C[C@H]2CN(S(=O)(=O)c3cn(C)cn3)C[C@H]2O1. The minimum absolute atomic E-state index is 0.0528. The summed E-state index contributed by atoms with van der Waals surface area (Å²) in [5.74, 6) is 0.0936. The van der Waals surface area contributed by atoms with Crippen LogP contribution >= 0.6 is 0 Å². The highest BCUT2D eigenvalue weighted by Crippen LogP contribution is 2.36. The third-order valence-corrected chi connectivity index (χ3v) is 5.98. The van der Waals surface area contributed by atoms with Crippen LogP contribution in [0, 0.1) is 5.92 Å². The molecule has 1 aromatic heterocycles. The maximum Gasteiger partial charge on any atom is 0.262 e. The number of hydrogen-bond acceptors (Lipinski definition) is 5. The summed E-state index contributed by atoms with van der Waals surface area (Å²) in [4.78, 5) is 15.3. The number of carbonyl (C=O) groups is 1. The average Bonchev–Trinajstić information content (AvgIpc) is 3.12. The molecule has 22 heavy (non-hydrogen) atoms. The number of aromatic nitrogens is 2. The van der Waals surface area contributed by atoms with E-state index in [1.54, 1.807) is 18.7 Å². The summed E-state index contributed by atoms with van der Waals surface area (Å²) < 4.78 is 33.9. The van der Waals surface area contributed by atoms with Crippen LogP contribution in [0.15, 0.2) is 17.6 Å². The summed E-state index contributed by atoms with van der Waals surface area (Å²) in [6, 6.07) is 0. The van der Waals surface area contributed by atoms with Crippen molar-refractivity contribution in [1.82, 2.24) is 19.2 Å². The Morgan fingerprint density at radius 3 is 2.86 bits per heavy atom. The Labute approximate surface area is 129 Å². The van der Waals surface area contributed by atoms with Crippen LogP contribution in [0.5, 0.6) is 0 Å². The smallest absolute Gasteiger partial charge is 0.262 e. The molecule has 3 heterocycles. The fourth-order valence-corrected chi connectivity index (χ4v) is 4.59. The Morgan fingerprint density at radius 1 is 1.50 bits per heavy atom. The highest BCUT2D eigenvalue weighted by Gasteiger charge is 2.46. The first-order chi connectivity index (χ1) is 10.4. The van der Waals surface area contributed by atoms with Crippen molar-refractivity contribution in [1.29, 1.82) is 0 Å². The van der Waals surface area contributed by atoms with Gasteiger partial charge in [0.2, 0.25) is 5.91 Å². The maximum atomic E-state index is 12.5. The Bertz CT molecular complexity index is 657. The number of hydrogen-bond donors (Lipinski definition) is 1. The summed E-state index contributed by atoms with van der Waals surface area (Å²) in [5.41, 5.74) is 0. The number of nitrogens with one attached hydrogen (secondary N) is 1. The minimum atomic E-state index is -3.56. The molecule has 2 fully saturated rings. The zero-order valence-electron chi connectivity index (χ0n) is 12.6. The van der Waals surface area contributed by atoms with Gasteiger partial charge in [-0.3, -0.25) is 4.79 Å². The molecule has 3 atom stereocenters. The first kappa shape index (κ1) is 15.4. The Kier molecular flexibility index (Phi) is 3.96. The Hall–Kier alpha value is -1.45. The number of ether oxygens (including phenoxy) is 1. The van der Waals surface area contributed by atoms with Crippen LogP contribution in [0.4, 0.5) is 0 Å². The van der Waals surface area contributed by atoms with E-state index < -0.39 is 10.0 Å². The number of amides is 1. The molecule has 2 aliphatic heterocycles. The largest absolute Gasteiger partial charge is 0.373 e. The van der Waals surface area contributed by atoms with Crippen LogP contribution < -0.4 is 5.32 Å². The van der Waals surface area contributed by atoms with Gasteiger partial charge in [0.15, 0.2) is 5.03 Å². The summed E-state index contributed by atoms with van der Waals surface area (Å²) in [6.45, 7) is 0.752. The van der Waals surface area contributed by atoms with Gasteiger partial charge < -0.3 is 14.6 Å². The van der Waals surface area contributed by atoms with Crippen molar-refractivity contribution in [3.63, 3.8) is 0 Å². The molecule has 0 radical (unpaired) electrons. The van der Waals surface area contributed by atoms with Gasteiger partial charge >= 0.3 is 0 Å². The standard InChI is InChI=1S/C13H20N4O4S/c1-14-12(18)4-10-3-9-5-17(6-11(9)21-10)22(19,20)13-7-16(2)8-15-13/h7-11H,3-6H2,1-2H3,(H,14,18)/t9-,10+,11+/m0/s1. The molecule has 2 saturated heterocycles. The first-order valence-corrected chi connectivity index (χ1v) is 8.68. The third kappa shape index (κ3) is 2.75. The maximum absolute atomic E-state index is 12.5. The monoisotopic (exact) mass is 328 g/mol. The van der Waals surface area contributed by atoms with E-state index in [9.17, 15) is 13.2 Å². The molecular weight excluding hydrogens is 308 g/mol. The molecular formula is C13H20N4O4S. The van der Waals surface area contributed by atoms with Crippen LogP contribution in [-0.2, 0) is 26.6 Å². The van der Waals surface area contributed by atoms with Crippen molar-refractivity contribution >= 4 is 15.9 Å². The molecule has 1 aromatic rings. The summed E-state index contributed by atoms with van der Waals surface area (Å²) in [5, 5.41) is 2.65. The first-order valence-electron chi connectivity index (χ1n) is 7.24. The molecule has 0 aromatic carbocycles. The van der Waals surface area contributed by atoms with Gasteiger partial charge in [0.1, 0.15) is 0 Å². The average molecular weight is 328 g/mol. The lowest BCUT2D eigenvalue weighted by Gasteiger charge is -2.17. The van der Waals surface area contributed by atoms with Crippen LogP contribution in [0.3, 0.4) is 0 Å². The molecule has 0 saturated carbocycles. The van der Waals surface area contributed by atoms with Crippen LogP contribution in [-0.4, -0.2) is 60.5 Å². The predicted octanol–water partition coefficient (Wildman–Crippen LogP) is -0.666. The van der Waals surface area contributed by atoms with E-state index in [-0.39, 0.29) is 29.1 Å². The fourth-order valence-electron chi connectivity index (χ4n) is 3.12. The Balaban J connectivity index is 1.65. The molecule has 1 N–H and O–H groups in total. The van der Waals surface area contributed by atoms with Crippen molar-refractivity contribution in [2.75, 3.05) is 20.1 Å². The van der Waals surface area contributed by atoms with E-state index in [0.29, 0.717) is 25.9 Å². The van der Waals surface area contributed by atoms with E-state index in [0.717, 1.165) is 0 Å². The van der Waals surface area contributed by atoms with Crippen molar-refractivity contribution in [3.8, 4) is 0 Å². The van der Waals surface area contributed by atoms with E-state index in [1.807, 2.05) is 0 Å². The lowest BCUT2D eigenvalue weighted by Crippen LogP contribution is -2.32. The second kappa shape index (κ2) is 5.64. The van der Waals surface area contributed by atoms with Crippen LogP contribution in [0.2, 0.25) is 0 Å². The van der Waals surface area contributed by atoms with Gasteiger partial charge in [0.25, 0.3) is 10.0 Å². The minimum Gasteiger partial charge on any atom is -0.373 e. The van der Waals surface area contributed by atoms with Crippen LogP contribution in [0.1, 0.15) is 12.8 Å². The number of rotatable bonds is 4. The van der Waals surface area contributed by atoms with Crippen molar-refractivity contribution in [2.45, 2.75) is 30.1 Å². The second-order valence-electron chi connectivity index (χ2n) is 5.87. The number of imidazole rings is 1. The zero-order valence-corrected chi connectivity index (χ0v) is 13.4. The van der Waals surface area contributed by atoms with Crippen molar-refractivity contribution < 1.29 is 17.9 Å². The number of sulfonamides is 1. The highest BCUT2D eigenvalue weighted by atomic mass is 32.2. The molecule has 122 valence electrons. The van der Waals surface area contributed by atoms with E-state index in [4.69, 9.17) is 4.74 Å². The number of aryl methyl sites for hydroxylation is 1. The summed E-state index contributed by atoms with van der Waals surface area (Å²) >= 11 is 0. The van der Waals surface area contributed by atoms with Gasteiger partial charge in [-0.05, 0) is 6.42 Å². The quantitative estimate of drug-likeness (QED) is 0.791. The number of carbonyl (C=O) groups excluding carboxylic acids is 1. The van der Waals surface area contributed by atoms with Gasteiger partial charge in [-0.1, -0.05) is 0 Å². The Morgan fingerprint density at radius 2 is 2.27 bits per heavy atom. The van der Waals surface area contributed by atoms with E-state index in [2.05, 4.69) is 10.3 Å². The lowest BCUT2D eigenvalue weighted by molar-refractivity contribution is -0.123. The number of nitrogens with zero attached hydrogens (tertiary/aromatic N) is 3. The molecule has 0 aliphatic carbocycles. The van der Waals surface area contributed by atoms with Crippen molar-refractivity contribution in [3.05, 3.63) is 12.5 Å². The van der Waals surface area contributed by atoms with Gasteiger partial charge in [-0.2, -0.15) is 4.31 Å². The molecule has 9 heteroatoms. The molecule has 1 amide bonds. The molecule has 3 rings (SSSR count). The molecule has 2 aliphatic rings. The second-order valence-corrected chi connectivity index (χ2v) is 7.75. The third-order valence-electron chi connectivity index (χ3n) is 4.26. The van der Waals surface area contributed by atoms with Gasteiger partial charge in [-0.25, -0.2) is 13.4 Å². The predicted molar refractivity (Wildman–Crippen MR) is 77.4 cm³/mol.